The fourth-order valence-electron chi connectivity index (χ4n) is 3.14. The molecule has 6 heteroatoms. The van der Waals surface area contributed by atoms with Crippen LogP contribution in [0.25, 0.3) is 0 Å². The normalized spacial score (nSPS) is 17.4. The summed E-state index contributed by atoms with van der Waals surface area (Å²) in [6.45, 7) is 4.08. The molecule has 122 valence electrons. The topological polar surface area (TPSA) is 63.1 Å². The van der Waals surface area contributed by atoms with Crippen molar-refractivity contribution in [2.45, 2.75) is 45.3 Å². The fraction of sp³-hybridized carbons (Fsp3) is 0.471. The Morgan fingerprint density at radius 3 is 2.96 bits per heavy atom. The lowest BCUT2D eigenvalue weighted by atomic mass is 10.0. The zero-order valence-electron chi connectivity index (χ0n) is 13.5. The Morgan fingerprint density at radius 1 is 1.35 bits per heavy atom. The van der Waals surface area contributed by atoms with Gasteiger partial charge in [0.1, 0.15) is 6.33 Å². The Hall–Kier alpha value is -2.37. The number of urea groups is 1. The van der Waals surface area contributed by atoms with Crippen molar-refractivity contribution in [3.63, 3.8) is 0 Å². The van der Waals surface area contributed by atoms with Gasteiger partial charge in [-0.2, -0.15) is 0 Å². The predicted octanol–water partition coefficient (Wildman–Crippen LogP) is 2.21. The number of amides is 2. The van der Waals surface area contributed by atoms with Crippen LogP contribution in [-0.2, 0) is 19.5 Å². The highest BCUT2D eigenvalue weighted by atomic mass is 16.2. The Bertz CT molecular complexity index is 639. The van der Waals surface area contributed by atoms with E-state index in [4.69, 9.17) is 0 Å². The van der Waals surface area contributed by atoms with Crippen molar-refractivity contribution >= 4 is 6.03 Å². The Labute approximate surface area is 136 Å². The minimum Gasteiger partial charge on any atom is -0.331 e. The first-order chi connectivity index (χ1) is 11.3. The minimum absolute atomic E-state index is 0.00548. The van der Waals surface area contributed by atoms with Crippen LogP contribution in [0, 0.1) is 0 Å². The van der Waals surface area contributed by atoms with Gasteiger partial charge in [0.2, 0.25) is 0 Å². The number of carbonyl (C=O) groups is 1. The minimum atomic E-state index is -0.00548. The Morgan fingerprint density at radius 2 is 2.17 bits per heavy atom. The number of rotatable bonds is 5. The molecule has 0 aliphatic carbocycles. The third-order valence-electron chi connectivity index (χ3n) is 4.39. The van der Waals surface area contributed by atoms with Gasteiger partial charge in [-0.05, 0) is 31.7 Å². The highest BCUT2D eigenvalue weighted by Crippen LogP contribution is 2.21. The SMILES string of the molecule is CCn1cnnc1CNC(=O)N1CCCC1Cc1ccccc1. The number of nitrogens with zero attached hydrogens (tertiary/aromatic N) is 4. The van der Waals surface area contributed by atoms with Gasteiger partial charge in [-0.15, -0.1) is 10.2 Å². The Kier molecular flexibility index (Phi) is 4.90. The van der Waals surface area contributed by atoms with Crippen LogP contribution in [0.4, 0.5) is 4.79 Å². The summed E-state index contributed by atoms with van der Waals surface area (Å²) in [5.74, 6) is 0.791. The number of nitrogens with one attached hydrogen (secondary N) is 1. The third kappa shape index (κ3) is 3.70. The molecule has 2 amide bonds. The summed E-state index contributed by atoms with van der Waals surface area (Å²) in [5, 5.41) is 10.9. The number of carbonyl (C=O) groups excluding carboxylic acids is 1. The zero-order chi connectivity index (χ0) is 16.1. The second kappa shape index (κ2) is 7.26. The molecule has 0 radical (unpaired) electrons. The maximum absolute atomic E-state index is 12.5. The van der Waals surface area contributed by atoms with E-state index in [1.165, 1.54) is 5.56 Å². The molecule has 23 heavy (non-hydrogen) atoms. The van der Waals surface area contributed by atoms with Crippen LogP contribution < -0.4 is 5.32 Å². The molecule has 1 N–H and O–H groups in total. The summed E-state index contributed by atoms with van der Waals surface area (Å²) in [6, 6.07) is 10.6. The molecule has 1 unspecified atom stereocenters. The van der Waals surface area contributed by atoms with E-state index in [1.54, 1.807) is 6.33 Å². The molecule has 0 bridgehead atoms. The number of likely N-dealkylation sites (tertiary alicyclic amines) is 1. The second-order valence-corrected chi connectivity index (χ2v) is 5.87. The molecule has 1 aliphatic heterocycles. The van der Waals surface area contributed by atoms with Crippen molar-refractivity contribution in [1.29, 1.82) is 0 Å². The van der Waals surface area contributed by atoms with Gasteiger partial charge in [0.25, 0.3) is 0 Å². The van der Waals surface area contributed by atoms with E-state index < -0.39 is 0 Å². The second-order valence-electron chi connectivity index (χ2n) is 5.87. The Balaban J connectivity index is 1.57. The third-order valence-corrected chi connectivity index (χ3v) is 4.39. The van der Waals surface area contributed by atoms with E-state index in [2.05, 4.69) is 27.6 Å². The van der Waals surface area contributed by atoms with Crippen LogP contribution in [0.2, 0.25) is 0 Å². The first-order valence-electron chi connectivity index (χ1n) is 8.23. The monoisotopic (exact) mass is 313 g/mol. The van der Waals surface area contributed by atoms with Crippen molar-refractivity contribution in [3.05, 3.63) is 48.0 Å². The highest BCUT2D eigenvalue weighted by Gasteiger charge is 2.28. The lowest BCUT2D eigenvalue weighted by molar-refractivity contribution is 0.191. The maximum Gasteiger partial charge on any atom is 0.318 e. The van der Waals surface area contributed by atoms with E-state index in [1.807, 2.05) is 34.6 Å². The van der Waals surface area contributed by atoms with Crippen molar-refractivity contribution in [2.75, 3.05) is 6.54 Å². The molecule has 2 aromatic rings. The molecule has 1 aliphatic rings. The molecule has 2 heterocycles. The summed E-state index contributed by atoms with van der Waals surface area (Å²) in [7, 11) is 0. The van der Waals surface area contributed by atoms with E-state index in [0.717, 1.165) is 38.2 Å². The van der Waals surface area contributed by atoms with Crippen LogP contribution in [0.15, 0.2) is 36.7 Å². The summed E-state index contributed by atoms with van der Waals surface area (Å²) < 4.78 is 1.94. The lowest BCUT2D eigenvalue weighted by Crippen LogP contribution is -2.43. The van der Waals surface area contributed by atoms with Gasteiger partial charge < -0.3 is 14.8 Å². The van der Waals surface area contributed by atoms with Gasteiger partial charge in [0.05, 0.1) is 6.54 Å². The molecule has 1 aromatic carbocycles. The predicted molar refractivity (Wildman–Crippen MR) is 87.8 cm³/mol. The van der Waals surface area contributed by atoms with Crippen LogP contribution in [-0.4, -0.2) is 38.3 Å². The van der Waals surface area contributed by atoms with Crippen molar-refractivity contribution in [1.82, 2.24) is 25.0 Å². The first kappa shape index (κ1) is 15.5. The summed E-state index contributed by atoms with van der Waals surface area (Å²) in [5.41, 5.74) is 1.28. The van der Waals surface area contributed by atoms with Gasteiger partial charge in [0.15, 0.2) is 5.82 Å². The van der Waals surface area contributed by atoms with Gasteiger partial charge in [0, 0.05) is 19.1 Å². The summed E-state index contributed by atoms with van der Waals surface area (Å²) >= 11 is 0. The number of benzene rings is 1. The van der Waals surface area contributed by atoms with E-state index >= 15 is 0 Å². The van der Waals surface area contributed by atoms with E-state index in [0.29, 0.717) is 6.54 Å². The van der Waals surface area contributed by atoms with Crippen LogP contribution in [0.3, 0.4) is 0 Å². The maximum atomic E-state index is 12.5. The van der Waals surface area contributed by atoms with Crippen LogP contribution >= 0.6 is 0 Å². The molecule has 3 rings (SSSR count). The van der Waals surface area contributed by atoms with Crippen molar-refractivity contribution in [3.8, 4) is 0 Å². The number of hydrogen-bond donors (Lipinski definition) is 1. The lowest BCUT2D eigenvalue weighted by Gasteiger charge is -2.25. The summed E-state index contributed by atoms with van der Waals surface area (Å²) in [4.78, 5) is 14.5. The average Bonchev–Trinajstić information content (AvgIpc) is 3.22. The molecule has 6 nitrogen and oxygen atoms in total. The van der Waals surface area contributed by atoms with Gasteiger partial charge in [-0.1, -0.05) is 30.3 Å². The largest absolute Gasteiger partial charge is 0.331 e. The molecule has 1 aromatic heterocycles. The van der Waals surface area contributed by atoms with E-state index in [-0.39, 0.29) is 12.1 Å². The van der Waals surface area contributed by atoms with Gasteiger partial charge >= 0.3 is 6.03 Å². The molecule has 1 saturated heterocycles. The van der Waals surface area contributed by atoms with Crippen LogP contribution in [0.1, 0.15) is 31.2 Å². The average molecular weight is 313 g/mol. The van der Waals surface area contributed by atoms with Gasteiger partial charge in [-0.25, -0.2) is 4.79 Å². The zero-order valence-corrected chi connectivity index (χ0v) is 13.5. The molecule has 1 atom stereocenters. The highest BCUT2D eigenvalue weighted by molar-refractivity contribution is 5.74. The smallest absolute Gasteiger partial charge is 0.318 e. The van der Waals surface area contributed by atoms with Crippen molar-refractivity contribution in [2.24, 2.45) is 0 Å². The van der Waals surface area contributed by atoms with Gasteiger partial charge in [-0.3, -0.25) is 0 Å². The van der Waals surface area contributed by atoms with Crippen molar-refractivity contribution < 1.29 is 4.79 Å². The number of hydrogen-bond acceptors (Lipinski definition) is 3. The van der Waals surface area contributed by atoms with E-state index in [9.17, 15) is 4.79 Å². The molecular weight excluding hydrogens is 290 g/mol. The summed E-state index contributed by atoms with van der Waals surface area (Å²) in [6.07, 6.45) is 4.73. The number of aromatic nitrogens is 3. The fourth-order valence-corrected chi connectivity index (χ4v) is 3.14. The standard InChI is InChI=1S/C17H23N5O/c1-2-21-13-19-20-16(21)12-18-17(23)22-10-6-9-15(22)11-14-7-4-3-5-8-14/h3-5,7-8,13,15H,2,6,9-12H2,1H3,(H,18,23). The first-order valence-corrected chi connectivity index (χ1v) is 8.23. The number of aryl methyl sites for hydroxylation is 1. The molecular formula is C17H23N5O. The molecule has 1 fully saturated rings. The molecule has 0 spiro atoms. The molecule has 0 saturated carbocycles. The quantitative estimate of drug-likeness (QED) is 0.920. The van der Waals surface area contributed by atoms with Crippen LogP contribution in [0.5, 0.6) is 0 Å².